The molecule has 1 aromatic heterocycles. The summed E-state index contributed by atoms with van der Waals surface area (Å²) in [5.41, 5.74) is 6.41. The average Bonchev–Trinajstić information content (AvgIpc) is 3.21. The Bertz CT molecular complexity index is 934. The Morgan fingerprint density at radius 3 is 2.21 bits per heavy atom. The fourth-order valence-electron chi connectivity index (χ4n) is 4.51. The summed E-state index contributed by atoms with van der Waals surface area (Å²) in [5, 5.41) is 1.54. The van der Waals surface area contributed by atoms with Gasteiger partial charge >= 0.3 is 0 Å². The van der Waals surface area contributed by atoms with Crippen LogP contribution >= 0.6 is 0 Å². The van der Waals surface area contributed by atoms with E-state index in [0.29, 0.717) is 0 Å². The molecule has 0 aliphatic heterocycles. The molecule has 0 unspecified atom stereocenters. The minimum Gasteiger partial charge on any atom is -0.256 e. The van der Waals surface area contributed by atoms with Gasteiger partial charge in [-0.15, -0.1) is 0 Å². The van der Waals surface area contributed by atoms with E-state index in [1.165, 1.54) is 48.8 Å². The lowest BCUT2D eigenvalue weighted by Crippen LogP contribution is -2.41. The molecule has 0 spiro atoms. The van der Waals surface area contributed by atoms with E-state index in [0.717, 1.165) is 11.6 Å². The van der Waals surface area contributed by atoms with Crippen molar-refractivity contribution in [2.75, 3.05) is 0 Å². The smallest absolute Gasteiger partial charge is 0.0799 e. The zero-order valence-electron chi connectivity index (χ0n) is 17.4. The first-order valence-electron chi connectivity index (χ1n) is 10.7. The Hall–Kier alpha value is -2.19. The number of rotatable bonds is 5. The van der Waals surface area contributed by atoms with E-state index >= 15 is 0 Å². The van der Waals surface area contributed by atoms with Gasteiger partial charge in [0.25, 0.3) is 0 Å². The Balaban J connectivity index is 1.72. The Labute approximate surface area is 170 Å². The second-order valence-electron chi connectivity index (χ2n) is 9.28. The standard InChI is InChI=1S/C26H31NSi/c1-28(2,3)26-19-27-25(18-24(26)16-20-10-7-8-11-20)23-15-9-14-22(17-23)21-12-5-4-6-13-21/h4-6,9,12-15,17-20H,7-8,10-11,16H2,1-3H3. The van der Waals surface area contributed by atoms with Crippen molar-refractivity contribution in [2.24, 2.45) is 5.92 Å². The number of pyridine rings is 1. The van der Waals surface area contributed by atoms with Gasteiger partial charge in [0.2, 0.25) is 0 Å². The van der Waals surface area contributed by atoms with Crippen LogP contribution < -0.4 is 5.19 Å². The van der Waals surface area contributed by atoms with Crippen molar-refractivity contribution in [3.05, 3.63) is 72.4 Å². The van der Waals surface area contributed by atoms with Gasteiger partial charge in [0, 0.05) is 11.8 Å². The van der Waals surface area contributed by atoms with Crippen LogP contribution in [0, 0.1) is 5.92 Å². The van der Waals surface area contributed by atoms with Gasteiger partial charge in [-0.2, -0.15) is 0 Å². The van der Waals surface area contributed by atoms with E-state index in [1.54, 1.807) is 10.8 Å². The molecule has 0 atom stereocenters. The summed E-state index contributed by atoms with van der Waals surface area (Å²) in [5.74, 6) is 0.862. The molecular weight excluding hydrogens is 354 g/mol. The molecule has 1 nitrogen and oxygen atoms in total. The molecule has 1 aliphatic carbocycles. The molecule has 4 rings (SSSR count). The van der Waals surface area contributed by atoms with Crippen molar-refractivity contribution in [1.82, 2.24) is 4.98 Å². The van der Waals surface area contributed by atoms with Gasteiger partial charge < -0.3 is 0 Å². The number of hydrogen-bond donors (Lipinski definition) is 0. The second-order valence-corrected chi connectivity index (χ2v) is 14.3. The molecule has 2 heteroatoms. The van der Waals surface area contributed by atoms with Crippen LogP contribution in [0.4, 0.5) is 0 Å². The summed E-state index contributed by atoms with van der Waals surface area (Å²) < 4.78 is 0. The van der Waals surface area contributed by atoms with E-state index in [2.05, 4.69) is 86.5 Å². The first kappa shape index (κ1) is 19.1. The van der Waals surface area contributed by atoms with E-state index in [1.807, 2.05) is 0 Å². The molecule has 0 bridgehead atoms. The molecular formula is C26H31NSi. The van der Waals surface area contributed by atoms with Crippen molar-refractivity contribution in [3.63, 3.8) is 0 Å². The molecule has 28 heavy (non-hydrogen) atoms. The molecule has 1 aliphatic rings. The van der Waals surface area contributed by atoms with Gasteiger partial charge in [0.05, 0.1) is 13.8 Å². The Kier molecular flexibility index (Phi) is 5.50. The molecule has 1 fully saturated rings. The third-order valence-corrected chi connectivity index (χ3v) is 8.11. The van der Waals surface area contributed by atoms with Gasteiger partial charge in [-0.25, -0.2) is 0 Å². The van der Waals surface area contributed by atoms with Crippen LogP contribution in [0.1, 0.15) is 31.2 Å². The lowest BCUT2D eigenvalue weighted by atomic mass is 9.96. The summed E-state index contributed by atoms with van der Waals surface area (Å²) >= 11 is 0. The highest BCUT2D eigenvalue weighted by molar-refractivity contribution is 6.89. The van der Waals surface area contributed by atoms with Crippen molar-refractivity contribution in [3.8, 4) is 22.4 Å². The first-order valence-corrected chi connectivity index (χ1v) is 14.2. The molecule has 2 aromatic carbocycles. The fraction of sp³-hybridized carbons (Fsp3) is 0.346. The van der Waals surface area contributed by atoms with Crippen LogP contribution in [0.15, 0.2) is 66.9 Å². The van der Waals surface area contributed by atoms with Gasteiger partial charge in [-0.3, -0.25) is 4.98 Å². The van der Waals surface area contributed by atoms with Crippen LogP contribution in [0.2, 0.25) is 19.6 Å². The zero-order valence-corrected chi connectivity index (χ0v) is 18.4. The molecule has 1 heterocycles. The molecule has 3 aromatic rings. The topological polar surface area (TPSA) is 12.9 Å². The Morgan fingerprint density at radius 2 is 1.50 bits per heavy atom. The highest BCUT2D eigenvalue weighted by Gasteiger charge is 2.24. The second kappa shape index (κ2) is 8.04. The minimum absolute atomic E-state index is 0.862. The van der Waals surface area contributed by atoms with Crippen molar-refractivity contribution in [1.29, 1.82) is 0 Å². The Morgan fingerprint density at radius 1 is 0.821 bits per heavy atom. The highest BCUT2D eigenvalue weighted by atomic mass is 28.3. The minimum atomic E-state index is -1.40. The van der Waals surface area contributed by atoms with E-state index in [-0.39, 0.29) is 0 Å². The van der Waals surface area contributed by atoms with Gasteiger partial charge in [0.15, 0.2) is 0 Å². The van der Waals surface area contributed by atoms with Crippen LogP contribution in [0.5, 0.6) is 0 Å². The van der Waals surface area contributed by atoms with Gasteiger partial charge in [-0.1, -0.05) is 93.9 Å². The van der Waals surface area contributed by atoms with Crippen LogP contribution in [-0.4, -0.2) is 13.1 Å². The summed E-state index contributed by atoms with van der Waals surface area (Å²) in [6, 6.07) is 21.8. The molecule has 0 amide bonds. The number of hydrogen-bond acceptors (Lipinski definition) is 1. The fourth-order valence-corrected chi connectivity index (χ4v) is 6.10. The molecule has 0 radical (unpaired) electrons. The van der Waals surface area contributed by atoms with E-state index in [9.17, 15) is 0 Å². The maximum atomic E-state index is 4.92. The number of nitrogens with zero attached hydrogens (tertiary/aromatic N) is 1. The quantitative estimate of drug-likeness (QED) is 0.446. The first-order chi connectivity index (χ1) is 13.5. The van der Waals surface area contributed by atoms with E-state index < -0.39 is 8.07 Å². The van der Waals surface area contributed by atoms with Gasteiger partial charge in [-0.05, 0) is 46.3 Å². The third kappa shape index (κ3) is 4.28. The molecule has 0 N–H and O–H groups in total. The van der Waals surface area contributed by atoms with Crippen LogP contribution in [0.25, 0.3) is 22.4 Å². The summed E-state index contributed by atoms with van der Waals surface area (Å²) in [7, 11) is -1.40. The zero-order chi connectivity index (χ0) is 19.6. The summed E-state index contributed by atoms with van der Waals surface area (Å²) in [4.78, 5) is 4.92. The molecule has 144 valence electrons. The largest absolute Gasteiger partial charge is 0.256 e. The lowest BCUT2D eigenvalue weighted by Gasteiger charge is -2.23. The average molecular weight is 386 g/mol. The van der Waals surface area contributed by atoms with Crippen LogP contribution in [-0.2, 0) is 6.42 Å². The predicted octanol–water partition coefficient (Wildman–Crippen LogP) is 6.69. The molecule has 1 saturated carbocycles. The third-order valence-electron chi connectivity index (χ3n) is 6.05. The van der Waals surface area contributed by atoms with Crippen LogP contribution in [0.3, 0.4) is 0 Å². The van der Waals surface area contributed by atoms with Crippen molar-refractivity contribution in [2.45, 2.75) is 51.7 Å². The maximum absolute atomic E-state index is 4.92. The van der Waals surface area contributed by atoms with Crippen molar-refractivity contribution >= 4 is 13.3 Å². The highest BCUT2D eigenvalue weighted by Crippen LogP contribution is 2.30. The van der Waals surface area contributed by atoms with Gasteiger partial charge in [0.1, 0.15) is 0 Å². The maximum Gasteiger partial charge on any atom is 0.0799 e. The number of aromatic nitrogens is 1. The predicted molar refractivity (Wildman–Crippen MR) is 124 cm³/mol. The normalized spacial score (nSPS) is 15.1. The van der Waals surface area contributed by atoms with E-state index in [4.69, 9.17) is 4.98 Å². The SMILES string of the molecule is C[Si](C)(C)c1cnc(-c2cccc(-c3ccccc3)c2)cc1CC1CCCC1. The summed E-state index contributed by atoms with van der Waals surface area (Å²) in [6.45, 7) is 7.33. The molecule has 0 saturated heterocycles. The van der Waals surface area contributed by atoms with Crippen molar-refractivity contribution < 1.29 is 0 Å². The summed E-state index contributed by atoms with van der Waals surface area (Å²) in [6.07, 6.45) is 9.03. The number of benzene rings is 2. The monoisotopic (exact) mass is 385 g/mol. The lowest BCUT2D eigenvalue weighted by molar-refractivity contribution is 0.547.